The van der Waals surface area contributed by atoms with Gasteiger partial charge in [-0.25, -0.2) is 4.98 Å². The van der Waals surface area contributed by atoms with Crippen LogP contribution >= 0.6 is 0 Å². The zero-order valence-corrected chi connectivity index (χ0v) is 15.1. The number of fused-ring (bicyclic) bond motifs is 2. The number of H-pyrrole nitrogens is 1. The van der Waals surface area contributed by atoms with Gasteiger partial charge < -0.3 is 14.7 Å². The maximum absolute atomic E-state index is 12.6. The van der Waals surface area contributed by atoms with E-state index in [9.17, 15) is 4.79 Å². The predicted octanol–water partition coefficient (Wildman–Crippen LogP) is 4.66. The van der Waals surface area contributed by atoms with Gasteiger partial charge in [0.15, 0.2) is 0 Å². The number of carbonyl (C=O) groups excluding carboxylic acids is 1. The number of imidazole rings is 1. The number of benzene rings is 2. The first kappa shape index (κ1) is 16.3. The topological polar surface area (TPSA) is 62.2 Å². The number of anilines is 1. The Kier molecular flexibility index (Phi) is 3.91. The number of hydrogen-bond acceptors (Lipinski definition) is 2. The number of rotatable bonds is 4. The van der Waals surface area contributed by atoms with Crippen LogP contribution in [0.3, 0.4) is 0 Å². The van der Waals surface area contributed by atoms with Crippen LogP contribution < -0.4 is 5.32 Å². The molecule has 0 fully saturated rings. The van der Waals surface area contributed by atoms with Crippen molar-refractivity contribution in [3.05, 3.63) is 90.9 Å². The van der Waals surface area contributed by atoms with Gasteiger partial charge in [-0.05, 0) is 35.9 Å². The van der Waals surface area contributed by atoms with Crippen molar-refractivity contribution in [3.8, 4) is 11.3 Å². The average Bonchev–Trinajstić information content (AvgIpc) is 3.33. The third kappa shape index (κ3) is 3.03. The lowest BCUT2D eigenvalue weighted by atomic mass is 10.1. The van der Waals surface area contributed by atoms with Crippen LogP contribution in [0.4, 0.5) is 5.69 Å². The van der Waals surface area contributed by atoms with E-state index in [1.54, 1.807) is 0 Å². The highest BCUT2D eigenvalue weighted by molar-refractivity contribution is 5.96. The number of hydrogen-bond donors (Lipinski definition) is 2. The Labute approximate surface area is 161 Å². The second-order valence-electron chi connectivity index (χ2n) is 6.76. The molecule has 0 spiro atoms. The van der Waals surface area contributed by atoms with Crippen molar-refractivity contribution >= 4 is 28.1 Å². The summed E-state index contributed by atoms with van der Waals surface area (Å²) in [6.45, 7) is 0. The van der Waals surface area contributed by atoms with Gasteiger partial charge >= 0.3 is 0 Å². The molecule has 0 saturated carbocycles. The largest absolute Gasteiger partial charge is 0.361 e. The molecule has 0 aliphatic rings. The van der Waals surface area contributed by atoms with Crippen LogP contribution in [-0.2, 0) is 11.2 Å². The number of carbonyl (C=O) groups is 1. The molecule has 0 unspecified atom stereocenters. The van der Waals surface area contributed by atoms with Gasteiger partial charge in [0.05, 0.1) is 12.1 Å². The van der Waals surface area contributed by atoms with E-state index < -0.39 is 0 Å². The fourth-order valence-corrected chi connectivity index (χ4v) is 3.49. The van der Waals surface area contributed by atoms with Crippen LogP contribution in [0.25, 0.3) is 27.8 Å². The number of para-hydroxylation sites is 1. The molecule has 5 aromatic rings. The molecule has 2 N–H and O–H groups in total. The molecule has 1 amide bonds. The summed E-state index contributed by atoms with van der Waals surface area (Å²) < 4.78 is 1.98. The summed E-state index contributed by atoms with van der Waals surface area (Å²) >= 11 is 0. The number of aromatic amines is 1. The van der Waals surface area contributed by atoms with Gasteiger partial charge in [0.2, 0.25) is 5.91 Å². The smallest absolute Gasteiger partial charge is 0.228 e. The van der Waals surface area contributed by atoms with Crippen molar-refractivity contribution < 1.29 is 4.79 Å². The Balaban J connectivity index is 1.37. The molecule has 2 aromatic carbocycles. The number of nitrogens with one attached hydrogen (secondary N) is 2. The molecule has 0 atom stereocenters. The van der Waals surface area contributed by atoms with Crippen LogP contribution in [0.2, 0.25) is 0 Å². The average molecular weight is 366 g/mol. The van der Waals surface area contributed by atoms with Crippen LogP contribution in [-0.4, -0.2) is 20.3 Å². The van der Waals surface area contributed by atoms with E-state index in [1.807, 2.05) is 89.7 Å². The maximum Gasteiger partial charge on any atom is 0.228 e. The van der Waals surface area contributed by atoms with Crippen molar-refractivity contribution in [2.24, 2.45) is 0 Å². The molecular formula is C23H18N4O. The first-order chi connectivity index (χ1) is 13.8. The monoisotopic (exact) mass is 366 g/mol. The molecule has 5 rings (SSSR count). The minimum atomic E-state index is -0.0445. The van der Waals surface area contributed by atoms with Gasteiger partial charge in [-0.3, -0.25) is 4.79 Å². The summed E-state index contributed by atoms with van der Waals surface area (Å²) in [6, 6.07) is 21.7. The molecule has 3 heterocycles. The number of pyridine rings is 1. The van der Waals surface area contributed by atoms with E-state index in [0.29, 0.717) is 6.42 Å². The van der Waals surface area contributed by atoms with Gasteiger partial charge in [-0.15, -0.1) is 0 Å². The molecule has 136 valence electrons. The lowest BCUT2D eigenvalue weighted by Gasteiger charge is -2.06. The van der Waals surface area contributed by atoms with Gasteiger partial charge in [0, 0.05) is 40.7 Å². The Morgan fingerprint density at radius 2 is 1.93 bits per heavy atom. The highest BCUT2D eigenvalue weighted by Gasteiger charge is 2.10. The Bertz CT molecular complexity index is 1270. The van der Waals surface area contributed by atoms with Gasteiger partial charge in [0.25, 0.3) is 0 Å². The summed E-state index contributed by atoms with van der Waals surface area (Å²) in [7, 11) is 0. The quantitative estimate of drug-likeness (QED) is 0.486. The third-order valence-electron chi connectivity index (χ3n) is 4.83. The molecule has 3 aromatic heterocycles. The molecule has 0 aliphatic carbocycles. The number of amides is 1. The van der Waals surface area contributed by atoms with Crippen molar-refractivity contribution in [1.82, 2.24) is 14.4 Å². The lowest BCUT2D eigenvalue weighted by molar-refractivity contribution is -0.115. The summed E-state index contributed by atoms with van der Waals surface area (Å²) in [5.74, 6) is -0.0445. The van der Waals surface area contributed by atoms with E-state index in [4.69, 9.17) is 0 Å². The molecular weight excluding hydrogens is 348 g/mol. The minimum absolute atomic E-state index is 0.0445. The van der Waals surface area contributed by atoms with Crippen molar-refractivity contribution in [1.29, 1.82) is 0 Å². The van der Waals surface area contributed by atoms with Crippen molar-refractivity contribution in [2.45, 2.75) is 6.42 Å². The fraction of sp³-hybridized carbons (Fsp3) is 0.0435. The Morgan fingerprint density at radius 1 is 1.04 bits per heavy atom. The number of aromatic nitrogens is 3. The van der Waals surface area contributed by atoms with Crippen LogP contribution in [0, 0.1) is 0 Å². The zero-order chi connectivity index (χ0) is 18.9. The Hall–Kier alpha value is -3.86. The molecule has 0 saturated heterocycles. The molecule has 5 heteroatoms. The maximum atomic E-state index is 12.6. The standard InChI is InChI=1S/C23H18N4O/c28-23(13-17-14-24-20-9-2-1-8-19(17)20)25-18-7-5-6-16(12-18)21-15-27-11-4-3-10-22(27)26-21/h1-12,14-15,24H,13H2,(H,25,28). The van der Waals surface area contributed by atoms with E-state index in [1.165, 1.54) is 0 Å². The predicted molar refractivity (Wildman–Crippen MR) is 111 cm³/mol. The Morgan fingerprint density at radius 3 is 2.86 bits per heavy atom. The highest BCUT2D eigenvalue weighted by Crippen LogP contribution is 2.23. The highest BCUT2D eigenvalue weighted by atomic mass is 16.1. The van der Waals surface area contributed by atoms with E-state index >= 15 is 0 Å². The number of nitrogens with zero attached hydrogens (tertiary/aromatic N) is 2. The molecule has 0 bridgehead atoms. The van der Waals surface area contributed by atoms with Crippen LogP contribution in [0.15, 0.2) is 85.3 Å². The first-order valence-corrected chi connectivity index (χ1v) is 9.15. The van der Waals surface area contributed by atoms with Crippen molar-refractivity contribution in [3.63, 3.8) is 0 Å². The first-order valence-electron chi connectivity index (χ1n) is 9.15. The van der Waals surface area contributed by atoms with Crippen LogP contribution in [0.1, 0.15) is 5.56 Å². The summed E-state index contributed by atoms with van der Waals surface area (Å²) in [6.07, 6.45) is 6.18. The van der Waals surface area contributed by atoms with E-state index in [0.717, 1.165) is 39.1 Å². The SMILES string of the molecule is O=C(Cc1c[nH]c2ccccc12)Nc1cccc(-c2cn3ccccc3n2)c1. The summed E-state index contributed by atoms with van der Waals surface area (Å²) in [4.78, 5) is 20.4. The van der Waals surface area contributed by atoms with E-state index in [2.05, 4.69) is 15.3 Å². The van der Waals surface area contributed by atoms with Gasteiger partial charge in [-0.2, -0.15) is 0 Å². The molecule has 28 heavy (non-hydrogen) atoms. The van der Waals surface area contributed by atoms with E-state index in [-0.39, 0.29) is 5.91 Å². The van der Waals surface area contributed by atoms with Gasteiger partial charge in [0.1, 0.15) is 5.65 Å². The second kappa shape index (κ2) is 6.70. The van der Waals surface area contributed by atoms with Crippen LogP contribution in [0.5, 0.6) is 0 Å². The summed E-state index contributed by atoms with van der Waals surface area (Å²) in [5, 5.41) is 4.08. The zero-order valence-electron chi connectivity index (χ0n) is 15.1. The molecule has 0 aliphatic heterocycles. The minimum Gasteiger partial charge on any atom is -0.361 e. The fourth-order valence-electron chi connectivity index (χ4n) is 3.49. The normalized spacial score (nSPS) is 11.1. The third-order valence-corrected chi connectivity index (χ3v) is 4.83. The lowest BCUT2D eigenvalue weighted by Crippen LogP contribution is -2.14. The van der Waals surface area contributed by atoms with Gasteiger partial charge in [-0.1, -0.05) is 36.4 Å². The second-order valence-corrected chi connectivity index (χ2v) is 6.76. The molecule has 5 nitrogen and oxygen atoms in total. The molecule has 0 radical (unpaired) electrons. The van der Waals surface area contributed by atoms with Crippen molar-refractivity contribution in [2.75, 3.05) is 5.32 Å². The summed E-state index contributed by atoms with van der Waals surface area (Å²) in [5.41, 5.74) is 5.53.